The van der Waals surface area contributed by atoms with Gasteiger partial charge in [-0.25, -0.2) is 0 Å². The molecule has 0 aliphatic heterocycles. The fraction of sp³-hybridized carbons (Fsp3) is 0.917. The lowest BCUT2D eigenvalue weighted by molar-refractivity contribution is -0.152. The zero-order valence-corrected chi connectivity index (χ0v) is 10.7. The second kappa shape index (κ2) is 8.53. The number of carbonyl (C=O) groups is 1. The molecule has 0 aromatic rings. The van der Waals surface area contributed by atoms with Gasteiger partial charge in [-0.2, -0.15) is 0 Å². The van der Waals surface area contributed by atoms with Crippen LogP contribution < -0.4 is 0 Å². The maximum absolute atomic E-state index is 11.4. The van der Waals surface area contributed by atoms with Crippen LogP contribution in [0.3, 0.4) is 0 Å². The number of aliphatic hydroxyl groups is 1. The number of carbonyl (C=O) groups excluding carboxylic acids is 1. The number of esters is 1. The van der Waals surface area contributed by atoms with Crippen LogP contribution in [0.5, 0.6) is 0 Å². The molecule has 0 aromatic carbocycles. The lowest BCUT2D eigenvalue weighted by Crippen LogP contribution is -2.27. The van der Waals surface area contributed by atoms with Crippen LogP contribution in [0.25, 0.3) is 0 Å². The Bertz CT molecular complexity index is 191. The summed E-state index contributed by atoms with van der Waals surface area (Å²) in [5.41, 5.74) is 0. The molecule has 0 rings (SSSR count). The van der Waals surface area contributed by atoms with Gasteiger partial charge in [-0.05, 0) is 20.3 Å². The van der Waals surface area contributed by atoms with E-state index in [1.807, 2.05) is 27.7 Å². The van der Waals surface area contributed by atoms with Crippen LogP contribution >= 0.6 is 0 Å². The van der Waals surface area contributed by atoms with Gasteiger partial charge in [-0.1, -0.05) is 20.3 Å². The molecule has 0 bridgehead atoms. The number of hydrogen-bond acceptors (Lipinski definition) is 4. The van der Waals surface area contributed by atoms with Gasteiger partial charge in [-0.3, -0.25) is 4.79 Å². The van der Waals surface area contributed by atoms with Crippen LogP contribution in [0.15, 0.2) is 0 Å². The van der Waals surface area contributed by atoms with Gasteiger partial charge in [0.15, 0.2) is 0 Å². The standard InChI is InChI=1S/C12H24O4/c1-5-6-10(4)12(14)16-8-11(13)7-15-9(2)3/h9-11,13H,5-8H2,1-4H3. The molecule has 0 aromatic heterocycles. The highest BCUT2D eigenvalue weighted by Crippen LogP contribution is 2.07. The van der Waals surface area contributed by atoms with Crippen molar-refractivity contribution in [2.75, 3.05) is 13.2 Å². The Morgan fingerprint density at radius 1 is 1.25 bits per heavy atom. The van der Waals surface area contributed by atoms with E-state index in [4.69, 9.17) is 9.47 Å². The maximum atomic E-state index is 11.4. The van der Waals surface area contributed by atoms with E-state index in [9.17, 15) is 9.90 Å². The van der Waals surface area contributed by atoms with Gasteiger partial charge >= 0.3 is 5.97 Å². The van der Waals surface area contributed by atoms with Gasteiger partial charge in [-0.15, -0.1) is 0 Å². The Balaban J connectivity index is 3.66. The lowest BCUT2D eigenvalue weighted by Gasteiger charge is -2.15. The molecular weight excluding hydrogens is 208 g/mol. The Morgan fingerprint density at radius 3 is 2.38 bits per heavy atom. The fourth-order valence-electron chi connectivity index (χ4n) is 1.22. The molecule has 0 radical (unpaired) electrons. The molecule has 0 saturated heterocycles. The van der Waals surface area contributed by atoms with Crippen molar-refractivity contribution in [2.24, 2.45) is 5.92 Å². The minimum atomic E-state index is -0.736. The zero-order chi connectivity index (χ0) is 12.6. The number of rotatable bonds is 8. The van der Waals surface area contributed by atoms with Crippen molar-refractivity contribution < 1.29 is 19.4 Å². The van der Waals surface area contributed by atoms with Crippen LogP contribution in [0.4, 0.5) is 0 Å². The summed E-state index contributed by atoms with van der Waals surface area (Å²) in [7, 11) is 0. The molecule has 0 fully saturated rings. The monoisotopic (exact) mass is 232 g/mol. The van der Waals surface area contributed by atoms with E-state index >= 15 is 0 Å². The fourth-order valence-corrected chi connectivity index (χ4v) is 1.22. The largest absolute Gasteiger partial charge is 0.463 e. The maximum Gasteiger partial charge on any atom is 0.308 e. The summed E-state index contributed by atoms with van der Waals surface area (Å²) in [5, 5.41) is 9.46. The third-order valence-electron chi connectivity index (χ3n) is 2.16. The topological polar surface area (TPSA) is 55.8 Å². The molecule has 2 atom stereocenters. The molecule has 0 aliphatic carbocycles. The lowest BCUT2D eigenvalue weighted by atomic mass is 10.1. The molecular formula is C12H24O4. The Morgan fingerprint density at radius 2 is 1.88 bits per heavy atom. The molecule has 2 unspecified atom stereocenters. The van der Waals surface area contributed by atoms with Gasteiger partial charge in [0, 0.05) is 0 Å². The highest BCUT2D eigenvalue weighted by atomic mass is 16.5. The molecule has 0 heterocycles. The van der Waals surface area contributed by atoms with Gasteiger partial charge in [0.05, 0.1) is 18.6 Å². The number of aliphatic hydroxyl groups excluding tert-OH is 1. The number of hydrogen-bond donors (Lipinski definition) is 1. The smallest absolute Gasteiger partial charge is 0.308 e. The SMILES string of the molecule is CCCC(C)C(=O)OCC(O)COC(C)C. The minimum Gasteiger partial charge on any atom is -0.463 e. The van der Waals surface area contributed by atoms with Gasteiger partial charge < -0.3 is 14.6 Å². The van der Waals surface area contributed by atoms with E-state index in [1.54, 1.807) is 0 Å². The third-order valence-corrected chi connectivity index (χ3v) is 2.16. The van der Waals surface area contributed by atoms with Crippen LogP contribution in [0.1, 0.15) is 40.5 Å². The Labute approximate surface area is 97.9 Å². The van der Waals surface area contributed by atoms with E-state index in [0.717, 1.165) is 12.8 Å². The van der Waals surface area contributed by atoms with Crippen molar-refractivity contribution in [1.82, 2.24) is 0 Å². The van der Waals surface area contributed by atoms with Crippen molar-refractivity contribution in [2.45, 2.75) is 52.7 Å². The summed E-state index contributed by atoms with van der Waals surface area (Å²) in [4.78, 5) is 11.4. The van der Waals surface area contributed by atoms with E-state index in [0.29, 0.717) is 0 Å². The normalized spacial score (nSPS) is 14.9. The summed E-state index contributed by atoms with van der Waals surface area (Å²) < 4.78 is 10.2. The first-order chi connectivity index (χ1) is 7.47. The van der Waals surface area contributed by atoms with Crippen LogP contribution in [-0.2, 0) is 14.3 Å². The van der Waals surface area contributed by atoms with E-state index in [1.165, 1.54) is 0 Å². The minimum absolute atomic E-state index is 0.0135. The summed E-state index contributed by atoms with van der Waals surface area (Å²) in [6, 6.07) is 0. The summed E-state index contributed by atoms with van der Waals surface area (Å²) in [5.74, 6) is -0.339. The zero-order valence-electron chi connectivity index (χ0n) is 10.7. The number of ether oxygens (including phenoxy) is 2. The molecule has 1 N–H and O–H groups in total. The first-order valence-corrected chi connectivity index (χ1v) is 5.93. The summed E-state index contributed by atoms with van der Waals surface area (Å²) >= 11 is 0. The van der Waals surface area contributed by atoms with Gasteiger partial charge in [0.25, 0.3) is 0 Å². The van der Waals surface area contributed by atoms with E-state index in [-0.39, 0.29) is 31.2 Å². The Hall–Kier alpha value is -0.610. The molecule has 0 amide bonds. The first kappa shape index (κ1) is 15.4. The molecule has 4 nitrogen and oxygen atoms in total. The average Bonchev–Trinajstić information content (AvgIpc) is 2.23. The van der Waals surface area contributed by atoms with Crippen molar-refractivity contribution >= 4 is 5.97 Å². The summed E-state index contributed by atoms with van der Waals surface area (Å²) in [6.45, 7) is 7.86. The first-order valence-electron chi connectivity index (χ1n) is 5.93. The molecule has 4 heteroatoms. The predicted octanol–water partition coefficient (Wildman–Crippen LogP) is 1.75. The van der Waals surface area contributed by atoms with Crippen LogP contribution in [0, 0.1) is 5.92 Å². The molecule has 0 spiro atoms. The summed E-state index contributed by atoms with van der Waals surface area (Å²) in [6.07, 6.45) is 1.11. The van der Waals surface area contributed by atoms with Crippen molar-refractivity contribution in [3.8, 4) is 0 Å². The van der Waals surface area contributed by atoms with Gasteiger partial charge in [0.2, 0.25) is 0 Å². The van der Waals surface area contributed by atoms with E-state index < -0.39 is 6.10 Å². The highest BCUT2D eigenvalue weighted by molar-refractivity contribution is 5.71. The third kappa shape index (κ3) is 7.65. The molecule has 16 heavy (non-hydrogen) atoms. The quantitative estimate of drug-likeness (QED) is 0.648. The second-order valence-corrected chi connectivity index (χ2v) is 4.36. The van der Waals surface area contributed by atoms with Gasteiger partial charge in [0.1, 0.15) is 12.7 Å². The van der Waals surface area contributed by atoms with Crippen LogP contribution in [-0.4, -0.2) is 36.5 Å². The predicted molar refractivity (Wildman–Crippen MR) is 62.1 cm³/mol. The second-order valence-electron chi connectivity index (χ2n) is 4.36. The molecule has 96 valence electrons. The Kier molecular flexibility index (Phi) is 8.21. The van der Waals surface area contributed by atoms with E-state index in [2.05, 4.69) is 0 Å². The highest BCUT2D eigenvalue weighted by Gasteiger charge is 2.15. The van der Waals surface area contributed by atoms with Crippen molar-refractivity contribution in [3.63, 3.8) is 0 Å². The molecule has 0 saturated carbocycles. The van der Waals surface area contributed by atoms with Crippen LogP contribution in [0.2, 0.25) is 0 Å². The molecule has 0 aliphatic rings. The average molecular weight is 232 g/mol. The van der Waals surface area contributed by atoms with Crippen molar-refractivity contribution in [3.05, 3.63) is 0 Å². The van der Waals surface area contributed by atoms with Crippen molar-refractivity contribution in [1.29, 1.82) is 0 Å².